The first kappa shape index (κ1) is 15.0. The van der Waals surface area contributed by atoms with Crippen LogP contribution < -0.4 is 16.0 Å². The maximum Gasteiger partial charge on any atom is 0.255 e. The lowest BCUT2D eigenvalue weighted by Crippen LogP contribution is -2.39. The maximum absolute atomic E-state index is 12.5. The molecule has 0 aliphatic carbocycles. The van der Waals surface area contributed by atoms with Crippen LogP contribution in [0.15, 0.2) is 27.9 Å². The minimum Gasteiger partial charge on any atom is -0.348 e. The van der Waals surface area contributed by atoms with Crippen molar-refractivity contribution >= 4 is 11.9 Å². The number of pyridine rings is 1. The summed E-state index contributed by atoms with van der Waals surface area (Å²) in [5.74, 6) is 0.271. The van der Waals surface area contributed by atoms with Crippen molar-refractivity contribution in [1.82, 2.24) is 19.9 Å². The molecule has 1 amide bonds. The van der Waals surface area contributed by atoms with E-state index in [0.717, 1.165) is 0 Å². The minimum absolute atomic E-state index is 0.158. The summed E-state index contributed by atoms with van der Waals surface area (Å²) in [6, 6.07) is 2.81. The molecule has 120 valence electrons. The van der Waals surface area contributed by atoms with Crippen molar-refractivity contribution in [3.8, 4) is 0 Å². The van der Waals surface area contributed by atoms with Crippen molar-refractivity contribution in [1.29, 1.82) is 0 Å². The second kappa shape index (κ2) is 5.71. The highest BCUT2D eigenvalue weighted by atomic mass is 16.2. The Hall–Kier alpha value is -2.90. The third-order valence-electron chi connectivity index (χ3n) is 3.80. The van der Waals surface area contributed by atoms with Gasteiger partial charge in [-0.05, 0) is 12.5 Å². The Labute approximate surface area is 131 Å². The molecule has 1 aliphatic heterocycles. The topological polar surface area (TPSA) is 102 Å². The summed E-state index contributed by atoms with van der Waals surface area (Å²) in [6.45, 7) is 0.717. The van der Waals surface area contributed by atoms with Gasteiger partial charge in [-0.2, -0.15) is 0 Å². The van der Waals surface area contributed by atoms with Crippen LogP contribution in [0.4, 0.5) is 5.95 Å². The molecule has 0 spiro atoms. The lowest BCUT2D eigenvalue weighted by Gasteiger charge is -2.28. The number of nitrogens with one attached hydrogen (secondary N) is 2. The van der Waals surface area contributed by atoms with Gasteiger partial charge in [0.15, 0.2) is 0 Å². The van der Waals surface area contributed by atoms with Gasteiger partial charge in [0.2, 0.25) is 11.5 Å². The second-order valence-corrected chi connectivity index (χ2v) is 5.63. The number of amides is 1. The average molecular weight is 315 g/mol. The average Bonchev–Trinajstić information content (AvgIpc) is 2.54. The molecule has 2 N–H and O–H groups in total. The van der Waals surface area contributed by atoms with Gasteiger partial charge in [-0.15, -0.1) is 0 Å². The standard InChI is InChI=1S/C15H17N5O3/c1-19(2)15-17-11-8-20(6-5-10(11)13(22)18-15)14(23)9-3-4-12(21)16-7-9/h3-4,7H,5-6,8H2,1-2H3,(H,16,21)(H,17,18,22). The number of carbonyl (C=O) groups excluding carboxylic acids is 1. The number of rotatable bonds is 2. The van der Waals surface area contributed by atoms with Crippen LogP contribution >= 0.6 is 0 Å². The van der Waals surface area contributed by atoms with Gasteiger partial charge in [0.1, 0.15) is 0 Å². The van der Waals surface area contributed by atoms with Crippen LogP contribution in [0.5, 0.6) is 0 Å². The summed E-state index contributed by atoms with van der Waals surface area (Å²) < 4.78 is 0. The van der Waals surface area contributed by atoms with Gasteiger partial charge >= 0.3 is 0 Å². The molecule has 0 saturated heterocycles. The molecule has 2 aromatic heterocycles. The number of aromatic amines is 2. The Kier molecular flexibility index (Phi) is 3.73. The largest absolute Gasteiger partial charge is 0.348 e. The number of fused-ring (bicyclic) bond motifs is 1. The fraction of sp³-hybridized carbons (Fsp3) is 0.333. The van der Waals surface area contributed by atoms with Crippen LogP contribution in [0.2, 0.25) is 0 Å². The molecule has 3 rings (SSSR count). The van der Waals surface area contributed by atoms with Gasteiger partial charge in [0.25, 0.3) is 11.5 Å². The zero-order valence-electron chi connectivity index (χ0n) is 12.9. The fourth-order valence-corrected chi connectivity index (χ4v) is 2.54. The van der Waals surface area contributed by atoms with E-state index in [0.29, 0.717) is 35.7 Å². The molecule has 0 bridgehead atoms. The highest BCUT2D eigenvalue weighted by Crippen LogP contribution is 2.17. The number of carbonyl (C=O) groups is 1. The minimum atomic E-state index is -0.255. The molecule has 0 aromatic carbocycles. The number of anilines is 1. The molecule has 0 saturated carbocycles. The first-order chi connectivity index (χ1) is 11.0. The van der Waals surface area contributed by atoms with Crippen LogP contribution in [-0.2, 0) is 13.0 Å². The van der Waals surface area contributed by atoms with E-state index in [9.17, 15) is 14.4 Å². The SMILES string of the molecule is CN(C)c1nc2c(c(=O)[nH]1)CCN(C(=O)c1ccc(=O)[nH]c1)C2. The maximum atomic E-state index is 12.5. The van der Waals surface area contributed by atoms with Gasteiger partial charge in [0, 0.05) is 38.5 Å². The Balaban J connectivity index is 1.90. The Morgan fingerprint density at radius 3 is 2.74 bits per heavy atom. The molecule has 1 aliphatic rings. The highest BCUT2D eigenvalue weighted by Gasteiger charge is 2.25. The van der Waals surface area contributed by atoms with Gasteiger partial charge in [-0.3, -0.25) is 19.4 Å². The zero-order chi connectivity index (χ0) is 16.6. The van der Waals surface area contributed by atoms with Crippen molar-refractivity contribution in [2.75, 3.05) is 25.5 Å². The molecule has 8 heteroatoms. The van der Waals surface area contributed by atoms with E-state index in [1.54, 1.807) is 23.9 Å². The van der Waals surface area contributed by atoms with E-state index in [2.05, 4.69) is 15.0 Å². The number of hydrogen-bond donors (Lipinski definition) is 2. The van der Waals surface area contributed by atoms with Crippen molar-refractivity contribution < 1.29 is 4.79 Å². The van der Waals surface area contributed by atoms with E-state index in [1.807, 2.05) is 0 Å². The number of hydrogen-bond acceptors (Lipinski definition) is 5. The third-order valence-corrected chi connectivity index (χ3v) is 3.80. The lowest BCUT2D eigenvalue weighted by molar-refractivity contribution is 0.0731. The van der Waals surface area contributed by atoms with Gasteiger partial charge < -0.3 is 14.8 Å². The lowest BCUT2D eigenvalue weighted by atomic mass is 10.1. The van der Waals surface area contributed by atoms with Gasteiger partial charge in [-0.25, -0.2) is 4.98 Å². The molecule has 23 heavy (non-hydrogen) atoms. The molecule has 0 atom stereocenters. The molecular formula is C15H17N5O3. The first-order valence-corrected chi connectivity index (χ1v) is 7.23. The van der Waals surface area contributed by atoms with Crippen LogP contribution in [0.1, 0.15) is 21.6 Å². The Morgan fingerprint density at radius 1 is 1.30 bits per heavy atom. The van der Waals surface area contributed by atoms with E-state index in [-0.39, 0.29) is 23.6 Å². The summed E-state index contributed by atoms with van der Waals surface area (Å²) in [5, 5.41) is 0. The predicted molar refractivity (Wildman–Crippen MR) is 84.7 cm³/mol. The van der Waals surface area contributed by atoms with Crippen molar-refractivity contribution in [2.24, 2.45) is 0 Å². The smallest absolute Gasteiger partial charge is 0.255 e. The quantitative estimate of drug-likeness (QED) is 0.794. The Bertz CT molecular complexity index is 848. The van der Waals surface area contributed by atoms with Crippen LogP contribution in [0.25, 0.3) is 0 Å². The van der Waals surface area contributed by atoms with E-state index in [4.69, 9.17) is 0 Å². The zero-order valence-corrected chi connectivity index (χ0v) is 12.9. The fourth-order valence-electron chi connectivity index (χ4n) is 2.54. The van der Waals surface area contributed by atoms with Gasteiger partial charge in [0.05, 0.1) is 17.8 Å². The van der Waals surface area contributed by atoms with Crippen LogP contribution in [0, 0.1) is 0 Å². The number of H-pyrrole nitrogens is 2. The summed E-state index contributed by atoms with van der Waals surface area (Å²) >= 11 is 0. The summed E-state index contributed by atoms with van der Waals surface area (Å²) in [5.41, 5.74) is 1.23. The highest BCUT2D eigenvalue weighted by molar-refractivity contribution is 5.93. The molecule has 0 radical (unpaired) electrons. The molecule has 8 nitrogen and oxygen atoms in total. The van der Waals surface area contributed by atoms with Crippen molar-refractivity contribution in [2.45, 2.75) is 13.0 Å². The molecule has 0 unspecified atom stereocenters. The number of aromatic nitrogens is 3. The van der Waals surface area contributed by atoms with E-state index in [1.165, 1.54) is 18.3 Å². The summed E-state index contributed by atoms with van der Waals surface area (Å²) in [4.78, 5) is 48.7. The third kappa shape index (κ3) is 2.87. The van der Waals surface area contributed by atoms with Gasteiger partial charge in [-0.1, -0.05) is 0 Å². The molecular weight excluding hydrogens is 298 g/mol. The first-order valence-electron chi connectivity index (χ1n) is 7.23. The molecule has 0 fully saturated rings. The second-order valence-electron chi connectivity index (χ2n) is 5.63. The Morgan fingerprint density at radius 2 is 2.09 bits per heavy atom. The van der Waals surface area contributed by atoms with Crippen molar-refractivity contribution in [3.63, 3.8) is 0 Å². The predicted octanol–water partition coefficient (Wildman–Crippen LogP) is -0.277. The summed E-state index contributed by atoms with van der Waals surface area (Å²) in [6.07, 6.45) is 1.86. The number of nitrogens with zero attached hydrogens (tertiary/aromatic N) is 3. The van der Waals surface area contributed by atoms with Crippen LogP contribution in [-0.4, -0.2) is 46.4 Å². The van der Waals surface area contributed by atoms with E-state index < -0.39 is 0 Å². The molecule has 2 aromatic rings. The van der Waals surface area contributed by atoms with Crippen LogP contribution in [0.3, 0.4) is 0 Å². The monoisotopic (exact) mass is 315 g/mol. The molecule has 3 heterocycles. The summed E-state index contributed by atoms with van der Waals surface area (Å²) in [7, 11) is 3.58. The van der Waals surface area contributed by atoms with E-state index >= 15 is 0 Å². The normalized spacial score (nSPS) is 13.6. The van der Waals surface area contributed by atoms with Crippen molar-refractivity contribution in [3.05, 3.63) is 55.9 Å².